The molecule has 3 aromatic rings. The van der Waals surface area contributed by atoms with E-state index in [1.165, 1.54) is 15.4 Å². The lowest BCUT2D eigenvalue weighted by atomic mass is 10.2. The zero-order valence-corrected chi connectivity index (χ0v) is 12.9. The zero-order valence-electron chi connectivity index (χ0n) is 12.9. The van der Waals surface area contributed by atoms with Crippen LogP contribution >= 0.6 is 0 Å². The third-order valence-corrected chi connectivity index (χ3v) is 3.70. The summed E-state index contributed by atoms with van der Waals surface area (Å²) in [5.41, 5.74) is 0.363. The molecule has 0 saturated carbocycles. The van der Waals surface area contributed by atoms with E-state index in [2.05, 4.69) is 0 Å². The molecule has 2 aromatic heterocycles. The maximum Gasteiger partial charge on any atom is 0.275 e. The minimum atomic E-state index is -0.259. The van der Waals surface area contributed by atoms with Crippen LogP contribution in [0, 0.1) is 0 Å². The molecule has 3 rings (SSSR count). The topological polar surface area (TPSA) is 57.1 Å². The molecule has 0 aliphatic heterocycles. The van der Waals surface area contributed by atoms with Crippen molar-refractivity contribution in [2.24, 2.45) is 14.1 Å². The quantitative estimate of drug-likeness (QED) is 0.686. The van der Waals surface area contributed by atoms with E-state index in [1.807, 2.05) is 30.3 Å². The molecule has 116 valence electrons. The predicted molar refractivity (Wildman–Crippen MR) is 88.5 cm³/mol. The second kappa shape index (κ2) is 5.96. The highest BCUT2D eigenvalue weighted by atomic mass is 16.3. The third kappa shape index (κ3) is 2.81. The predicted octanol–water partition coefficient (Wildman–Crippen LogP) is 0.335. The lowest BCUT2D eigenvalue weighted by molar-refractivity contribution is 0.555. The average Bonchev–Trinajstić information content (AvgIpc) is 3.08. The first-order chi connectivity index (χ1) is 11.1. The van der Waals surface area contributed by atoms with E-state index in [9.17, 15) is 9.59 Å². The van der Waals surface area contributed by atoms with Crippen LogP contribution in [0.25, 0.3) is 12.2 Å². The minimum absolute atomic E-state index is 0.242. The Hall–Kier alpha value is -3.08. The Morgan fingerprint density at radius 2 is 1.43 bits per heavy atom. The van der Waals surface area contributed by atoms with Crippen molar-refractivity contribution in [3.63, 3.8) is 0 Å². The van der Waals surface area contributed by atoms with Gasteiger partial charge < -0.3 is 13.6 Å². The van der Waals surface area contributed by atoms with Gasteiger partial charge >= 0.3 is 0 Å². The number of nitrogens with zero attached hydrogens (tertiary/aromatic N) is 2. The fourth-order valence-corrected chi connectivity index (χ4v) is 2.38. The molecule has 0 amide bonds. The van der Waals surface area contributed by atoms with Crippen molar-refractivity contribution in [1.82, 2.24) is 9.13 Å². The van der Waals surface area contributed by atoms with E-state index in [0.717, 1.165) is 5.56 Å². The van der Waals surface area contributed by atoms with Crippen LogP contribution in [0.1, 0.15) is 11.3 Å². The maximum atomic E-state index is 12.6. The van der Waals surface area contributed by atoms with Crippen LogP contribution in [0.2, 0.25) is 0 Å². The molecule has 5 heteroatoms. The van der Waals surface area contributed by atoms with Crippen LogP contribution < -0.4 is 21.8 Å². The maximum absolute atomic E-state index is 12.6. The molecule has 0 fully saturated rings. The summed E-state index contributed by atoms with van der Waals surface area (Å²) in [6.45, 7) is 0. The molecule has 0 spiro atoms. The molecular formula is C18H16N2O3. The van der Waals surface area contributed by atoms with Gasteiger partial charge in [0.2, 0.25) is 0 Å². The lowest BCUT2D eigenvalue weighted by Gasteiger charge is -2.04. The van der Waals surface area contributed by atoms with Crippen LogP contribution in [0.15, 0.2) is 62.7 Å². The molecule has 0 aliphatic carbocycles. The van der Waals surface area contributed by atoms with Crippen LogP contribution in [-0.2, 0) is 14.1 Å². The molecule has 23 heavy (non-hydrogen) atoms. The molecule has 2 heterocycles. The highest BCUT2D eigenvalue weighted by Crippen LogP contribution is 1.99. The van der Waals surface area contributed by atoms with Crippen molar-refractivity contribution >= 4 is 12.2 Å². The van der Waals surface area contributed by atoms with Gasteiger partial charge in [0.15, 0.2) is 0 Å². The van der Waals surface area contributed by atoms with Crippen molar-refractivity contribution in [2.75, 3.05) is 0 Å². The first-order valence-electron chi connectivity index (χ1n) is 7.16. The number of hydrogen-bond acceptors (Lipinski definition) is 3. The van der Waals surface area contributed by atoms with Gasteiger partial charge in [-0.1, -0.05) is 30.3 Å². The van der Waals surface area contributed by atoms with Gasteiger partial charge in [-0.05, 0) is 23.8 Å². The molecule has 0 atom stereocenters. The molecule has 0 saturated heterocycles. The molecule has 0 N–H and O–H groups in total. The van der Waals surface area contributed by atoms with E-state index >= 15 is 0 Å². The summed E-state index contributed by atoms with van der Waals surface area (Å²) < 4.78 is 7.94. The Morgan fingerprint density at radius 1 is 0.826 bits per heavy atom. The molecule has 5 nitrogen and oxygen atoms in total. The van der Waals surface area contributed by atoms with Gasteiger partial charge in [0.05, 0.1) is 6.26 Å². The Balaban J connectivity index is 2.34. The third-order valence-electron chi connectivity index (χ3n) is 3.70. The fourth-order valence-electron chi connectivity index (χ4n) is 2.38. The Kier molecular flexibility index (Phi) is 3.85. The average molecular weight is 308 g/mol. The monoisotopic (exact) mass is 308 g/mol. The normalized spacial score (nSPS) is 12.8. The van der Waals surface area contributed by atoms with Crippen LogP contribution in [-0.4, -0.2) is 9.13 Å². The first kappa shape index (κ1) is 14.8. The molecule has 0 radical (unpaired) electrons. The Bertz CT molecular complexity index is 1060. The molecule has 0 unspecified atom stereocenters. The van der Waals surface area contributed by atoms with Crippen molar-refractivity contribution in [2.45, 2.75) is 0 Å². The van der Waals surface area contributed by atoms with Gasteiger partial charge in [0, 0.05) is 20.2 Å². The molecular weight excluding hydrogens is 292 g/mol. The van der Waals surface area contributed by atoms with Crippen LogP contribution in [0.4, 0.5) is 0 Å². The number of rotatable bonds is 2. The van der Waals surface area contributed by atoms with Gasteiger partial charge in [-0.3, -0.25) is 9.59 Å². The van der Waals surface area contributed by atoms with E-state index in [1.54, 1.807) is 38.4 Å². The largest absolute Gasteiger partial charge is 0.465 e. The van der Waals surface area contributed by atoms with Crippen molar-refractivity contribution in [1.29, 1.82) is 0 Å². The van der Waals surface area contributed by atoms with E-state index in [4.69, 9.17) is 4.42 Å². The second-order valence-electron chi connectivity index (χ2n) is 5.21. The number of benzene rings is 1. The van der Waals surface area contributed by atoms with Crippen LogP contribution in [0.3, 0.4) is 0 Å². The summed E-state index contributed by atoms with van der Waals surface area (Å²) in [6.07, 6.45) is 4.79. The molecule has 0 aliphatic rings. The Labute approximate surface area is 132 Å². The standard InChI is InChI=1S/C18H16N2O3/c1-19-15(11-13-7-4-3-5-8-13)17(21)20(2)16(18(19)22)12-14-9-6-10-23-14/h3-12H,1-2H3. The van der Waals surface area contributed by atoms with Crippen LogP contribution in [0.5, 0.6) is 0 Å². The molecule has 1 aromatic carbocycles. The number of furan rings is 1. The SMILES string of the molecule is Cn1c(=O)c(=Cc2ccco2)n(C)c(=O)c1=Cc1ccccc1. The van der Waals surface area contributed by atoms with Crippen molar-refractivity contribution in [3.8, 4) is 0 Å². The zero-order chi connectivity index (χ0) is 16.4. The second-order valence-corrected chi connectivity index (χ2v) is 5.21. The fraction of sp³-hybridized carbons (Fsp3) is 0.111. The van der Waals surface area contributed by atoms with Gasteiger partial charge in [-0.2, -0.15) is 0 Å². The Morgan fingerprint density at radius 3 is 2.00 bits per heavy atom. The summed E-state index contributed by atoms with van der Waals surface area (Å²) in [5.74, 6) is 0.525. The summed E-state index contributed by atoms with van der Waals surface area (Å²) in [6, 6.07) is 12.9. The smallest absolute Gasteiger partial charge is 0.275 e. The summed E-state index contributed by atoms with van der Waals surface area (Å²) in [7, 11) is 3.18. The number of hydrogen-bond donors (Lipinski definition) is 0. The van der Waals surface area contributed by atoms with Crippen molar-refractivity contribution in [3.05, 3.63) is 91.5 Å². The van der Waals surface area contributed by atoms with Gasteiger partial charge in [-0.15, -0.1) is 0 Å². The molecule has 0 bridgehead atoms. The number of aromatic nitrogens is 2. The minimum Gasteiger partial charge on any atom is -0.465 e. The first-order valence-corrected chi connectivity index (χ1v) is 7.16. The van der Waals surface area contributed by atoms with E-state index < -0.39 is 0 Å². The summed E-state index contributed by atoms with van der Waals surface area (Å²) in [5, 5.41) is 0.609. The van der Waals surface area contributed by atoms with E-state index in [0.29, 0.717) is 11.1 Å². The highest BCUT2D eigenvalue weighted by molar-refractivity contribution is 5.48. The van der Waals surface area contributed by atoms with E-state index in [-0.39, 0.29) is 16.5 Å². The van der Waals surface area contributed by atoms with Gasteiger partial charge in [0.1, 0.15) is 16.5 Å². The van der Waals surface area contributed by atoms with Crippen molar-refractivity contribution < 1.29 is 4.42 Å². The summed E-state index contributed by atoms with van der Waals surface area (Å²) in [4.78, 5) is 25.2. The van der Waals surface area contributed by atoms with Gasteiger partial charge in [-0.25, -0.2) is 0 Å². The lowest BCUT2D eigenvalue weighted by Crippen LogP contribution is -2.56. The van der Waals surface area contributed by atoms with Gasteiger partial charge in [0.25, 0.3) is 11.1 Å². The summed E-state index contributed by atoms with van der Waals surface area (Å²) >= 11 is 0. The highest BCUT2D eigenvalue weighted by Gasteiger charge is 2.06.